The monoisotopic (exact) mass is 264 g/mol. The fourth-order valence-corrected chi connectivity index (χ4v) is 8.00. The fraction of sp³-hybridized carbons (Fsp3) is 0.222. The molecule has 0 radical (unpaired) electrons. The molecule has 1 aliphatic rings. The number of hydrogen-bond acceptors (Lipinski definition) is 0. The van der Waals surface area contributed by atoms with E-state index in [9.17, 15) is 0 Å². The van der Waals surface area contributed by atoms with E-state index < -0.39 is 8.07 Å². The van der Waals surface area contributed by atoms with Crippen LogP contribution in [0, 0.1) is 0 Å². The second kappa shape index (κ2) is 5.58. The van der Waals surface area contributed by atoms with Gasteiger partial charge in [0, 0.05) is 0 Å². The summed E-state index contributed by atoms with van der Waals surface area (Å²) in [6.45, 7) is 0. The lowest BCUT2D eigenvalue weighted by atomic mass is 10.4. The quantitative estimate of drug-likeness (QED) is 0.574. The van der Waals surface area contributed by atoms with Crippen LogP contribution in [0.5, 0.6) is 0 Å². The summed E-state index contributed by atoms with van der Waals surface area (Å²) in [5, 5.41) is 3.20. The second-order valence-electron chi connectivity index (χ2n) is 5.36. The van der Waals surface area contributed by atoms with Gasteiger partial charge in [0.15, 0.2) is 0 Å². The molecule has 0 bridgehead atoms. The summed E-state index contributed by atoms with van der Waals surface area (Å²) in [7, 11) is -1.55. The molecule has 0 atom stereocenters. The molecule has 0 unspecified atom stereocenters. The number of allylic oxidation sites excluding steroid dienone is 2. The minimum Gasteiger partial charge on any atom is -0.0888 e. The first-order valence-corrected chi connectivity index (χ1v) is 9.59. The van der Waals surface area contributed by atoms with Crippen LogP contribution in [0.3, 0.4) is 0 Å². The van der Waals surface area contributed by atoms with Gasteiger partial charge >= 0.3 is 0 Å². The van der Waals surface area contributed by atoms with Crippen molar-refractivity contribution in [3.05, 3.63) is 72.8 Å². The Hall–Kier alpha value is -1.60. The molecule has 1 heterocycles. The highest BCUT2D eigenvalue weighted by atomic mass is 28.3. The number of hydrogen-bond donors (Lipinski definition) is 0. The van der Waals surface area contributed by atoms with E-state index in [-0.39, 0.29) is 0 Å². The van der Waals surface area contributed by atoms with Crippen molar-refractivity contribution in [2.75, 3.05) is 0 Å². The molecule has 2 aromatic carbocycles. The summed E-state index contributed by atoms with van der Waals surface area (Å²) in [4.78, 5) is 0. The van der Waals surface area contributed by atoms with Crippen LogP contribution in [-0.2, 0) is 0 Å². The van der Waals surface area contributed by atoms with Gasteiger partial charge in [0.05, 0.1) is 0 Å². The third-order valence-electron chi connectivity index (χ3n) is 4.29. The van der Waals surface area contributed by atoms with Crippen molar-refractivity contribution in [2.45, 2.75) is 24.9 Å². The SMILES string of the molecule is C1=CCC[Si](c2ccccc2)(c2ccccc2)CC1. The zero-order chi connectivity index (χ0) is 13.0. The topological polar surface area (TPSA) is 0 Å². The van der Waals surface area contributed by atoms with E-state index in [1.165, 1.54) is 24.9 Å². The van der Waals surface area contributed by atoms with Gasteiger partial charge in [-0.2, -0.15) is 0 Å². The van der Waals surface area contributed by atoms with Crippen molar-refractivity contribution in [3.63, 3.8) is 0 Å². The van der Waals surface area contributed by atoms with Gasteiger partial charge in [-0.3, -0.25) is 0 Å². The maximum absolute atomic E-state index is 2.38. The van der Waals surface area contributed by atoms with Crippen LogP contribution in [-0.4, -0.2) is 8.07 Å². The van der Waals surface area contributed by atoms with Crippen molar-refractivity contribution in [1.82, 2.24) is 0 Å². The van der Waals surface area contributed by atoms with E-state index in [0.717, 1.165) is 0 Å². The van der Waals surface area contributed by atoms with Gasteiger partial charge in [-0.25, -0.2) is 0 Å². The molecule has 0 aliphatic carbocycles. The molecule has 0 fully saturated rings. The lowest BCUT2D eigenvalue weighted by molar-refractivity contribution is 1.16. The van der Waals surface area contributed by atoms with E-state index in [0.29, 0.717) is 0 Å². The number of benzene rings is 2. The minimum atomic E-state index is -1.55. The zero-order valence-corrected chi connectivity index (χ0v) is 12.3. The smallest absolute Gasteiger partial charge is 0.0888 e. The van der Waals surface area contributed by atoms with Gasteiger partial charge in [0.25, 0.3) is 0 Å². The van der Waals surface area contributed by atoms with Crippen molar-refractivity contribution < 1.29 is 0 Å². The summed E-state index contributed by atoms with van der Waals surface area (Å²) < 4.78 is 0. The fourth-order valence-electron chi connectivity index (χ4n) is 3.28. The first-order valence-electron chi connectivity index (χ1n) is 7.18. The van der Waals surface area contributed by atoms with E-state index >= 15 is 0 Å². The first-order chi connectivity index (χ1) is 9.42. The predicted molar refractivity (Wildman–Crippen MR) is 85.9 cm³/mol. The zero-order valence-electron chi connectivity index (χ0n) is 11.3. The largest absolute Gasteiger partial charge is 0.118 e. The van der Waals surface area contributed by atoms with Crippen LogP contribution in [0.15, 0.2) is 72.8 Å². The Labute approximate surface area is 116 Å². The van der Waals surface area contributed by atoms with Crippen molar-refractivity contribution in [1.29, 1.82) is 0 Å². The van der Waals surface area contributed by atoms with Gasteiger partial charge in [-0.15, -0.1) is 0 Å². The Kier molecular flexibility index (Phi) is 3.65. The van der Waals surface area contributed by atoms with Crippen LogP contribution in [0.25, 0.3) is 0 Å². The van der Waals surface area contributed by atoms with Crippen LogP contribution < -0.4 is 10.4 Å². The average molecular weight is 264 g/mol. The summed E-state index contributed by atoms with van der Waals surface area (Å²) in [5.41, 5.74) is 0. The van der Waals surface area contributed by atoms with Gasteiger partial charge in [0.2, 0.25) is 0 Å². The standard InChI is InChI=1S/C18H20Si/c1-2-10-16-19(15-9-1,17-11-5-3-6-12-17)18-13-7-4-8-14-18/h1-8,11-14H,9-10,15-16H2. The normalized spacial score (nSPS) is 17.9. The van der Waals surface area contributed by atoms with Gasteiger partial charge in [-0.05, 0) is 24.9 Å². The van der Waals surface area contributed by atoms with Crippen LogP contribution >= 0.6 is 0 Å². The van der Waals surface area contributed by atoms with Crippen LogP contribution in [0.4, 0.5) is 0 Å². The highest BCUT2D eigenvalue weighted by molar-refractivity contribution is 7.02. The highest BCUT2D eigenvalue weighted by Crippen LogP contribution is 2.24. The average Bonchev–Trinajstić information content (AvgIpc) is 2.76. The lowest BCUT2D eigenvalue weighted by Gasteiger charge is -2.32. The summed E-state index contributed by atoms with van der Waals surface area (Å²) in [6, 6.07) is 25.2. The maximum atomic E-state index is 2.38. The molecule has 0 saturated carbocycles. The molecule has 96 valence electrons. The van der Waals surface area contributed by atoms with Crippen molar-refractivity contribution in [3.8, 4) is 0 Å². The van der Waals surface area contributed by atoms with Crippen molar-refractivity contribution >= 4 is 18.4 Å². The minimum absolute atomic E-state index is 1.23. The van der Waals surface area contributed by atoms with E-state index in [1.54, 1.807) is 10.4 Å². The Morgan fingerprint density at radius 1 is 0.579 bits per heavy atom. The maximum Gasteiger partial charge on any atom is 0.118 e. The van der Waals surface area contributed by atoms with E-state index in [2.05, 4.69) is 72.8 Å². The lowest BCUT2D eigenvalue weighted by Crippen LogP contribution is -2.57. The Bertz CT molecular complexity index is 491. The molecule has 0 spiro atoms. The summed E-state index contributed by atoms with van der Waals surface area (Å²) in [6.07, 6.45) is 7.22. The molecule has 19 heavy (non-hydrogen) atoms. The molecule has 1 aliphatic heterocycles. The van der Waals surface area contributed by atoms with E-state index in [4.69, 9.17) is 0 Å². The Balaban J connectivity index is 2.10. The van der Waals surface area contributed by atoms with Crippen molar-refractivity contribution in [2.24, 2.45) is 0 Å². The molecular formula is C18H20Si. The number of rotatable bonds is 2. The predicted octanol–water partition coefficient (Wildman–Crippen LogP) is 3.60. The molecule has 0 aromatic heterocycles. The Morgan fingerprint density at radius 2 is 1.00 bits per heavy atom. The molecule has 0 amide bonds. The van der Waals surface area contributed by atoms with Crippen LogP contribution in [0.1, 0.15) is 12.8 Å². The highest BCUT2D eigenvalue weighted by Gasteiger charge is 2.36. The molecule has 0 N–H and O–H groups in total. The second-order valence-corrected chi connectivity index (χ2v) is 9.68. The molecule has 3 rings (SSSR count). The third kappa shape index (κ3) is 2.43. The van der Waals surface area contributed by atoms with Gasteiger partial charge in [-0.1, -0.05) is 83.2 Å². The first kappa shape index (κ1) is 12.4. The Morgan fingerprint density at radius 3 is 1.42 bits per heavy atom. The summed E-state index contributed by atoms with van der Waals surface area (Å²) in [5.74, 6) is 0. The van der Waals surface area contributed by atoms with E-state index in [1.807, 2.05) is 0 Å². The van der Waals surface area contributed by atoms with Gasteiger partial charge in [0.1, 0.15) is 8.07 Å². The van der Waals surface area contributed by atoms with Crippen LogP contribution in [0.2, 0.25) is 12.1 Å². The molecule has 1 heteroatoms. The molecule has 2 aromatic rings. The molecular weight excluding hydrogens is 244 g/mol. The molecule has 0 nitrogen and oxygen atoms in total. The van der Waals surface area contributed by atoms with Gasteiger partial charge < -0.3 is 0 Å². The third-order valence-corrected chi connectivity index (χ3v) is 9.46. The molecule has 0 saturated heterocycles. The summed E-state index contributed by atoms with van der Waals surface area (Å²) >= 11 is 0.